The van der Waals surface area contributed by atoms with Crippen LogP contribution >= 0.6 is 12.2 Å². The van der Waals surface area contributed by atoms with Gasteiger partial charge in [-0.3, -0.25) is 9.47 Å². The Kier molecular flexibility index (Phi) is 3.43. The van der Waals surface area contributed by atoms with Gasteiger partial charge in [0.15, 0.2) is 5.58 Å². The molecule has 3 rings (SSSR count). The Morgan fingerprint density at radius 2 is 2.11 bits per heavy atom. The molecule has 1 aliphatic heterocycles. The Morgan fingerprint density at radius 1 is 1.32 bits per heavy atom. The van der Waals surface area contributed by atoms with E-state index in [1.54, 1.807) is 0 Å². The molecule has 102 valence electrons. The molecule has 19 heavy (non-hydrogen) atoms. The molecule has 2 unspecified atom stereocenters. The Labute approximate surface area is 117 Å². The fourth-order valence-electron chi connectivity index (χ4n) is 2.50. The van der Waals surface area contributed by atoms with Crippen molar-refractivity contribution >= 4 is 23.3 Å². The molecule has 1 aromatic carbocycles. The van der Waals surface area contributed by atoms with Gasteiger partial charge in [0.1, 0.15) is 0 Å². The number of oxazole rings is 1. The normalized spacial score (nSPS) is 24.9. The highest BCUT2D eigenvalue weighted by molar-refractivity contribution is 7.71. The van der Waals surface area contributed by atoms with E-state index in [1.165, 1.54) is 0 Å². The quantitative estimate of drug-likeness (QED) is 0.790. The summed E-state index contributed by atoms with van der Waals surface area (Å²) in [6, 6.07) is 8.36. The number of benzene rings is 1. The molecule has 0 spiro atoms. The Morgan fingerprint density at radius 3 is 2.95 bits per heavy atom. The number of morpholine rings is 1. The second kappa shape index (κ2) is 5.07. The summed E-state index contributed by atoms with van der Waals surface area (Å²) in [7, 11) is 0. The van der Waals surface area contributed by atoms with E-state index in [4.69, 9.17) is 21.4 Å². The van der Waals surface area contributed by atoms with Gasteiger partial charge in [-0.25, -0.2) is 0 Å². The summed E-state index contributed by atoms with van der Waals surface area (Å²) >= 11 is 5.33. The van der Waals surface area contributed by atoms with Gasteiger partial charge in [0.2, 0.25) is 0 Å². The fraction of sp³-hybridized carbons (Fsp3) is 0.500. The molecule has 5 heteroatoms. The molecule has 1 saturated heterocycles. The lowest BCUT2D eigenvalue weighted by Crippen LogP contribution is -2.47. The molecule has 4 nitrogen and oxygen atoms in total. The van der Waals surface area contributed by atoms with Crippen LogP contribution < -0.4 is 0 Å². The molecule has 2 heterocycles. The first kappa shape index (κ1) is 12.8. The van der Waals surface area contributed by atoms with Crippen LogP contribution in [0.3, 0.4) is 0 Å². The fourth-order valence-corrected chi connectivity index (χ4v) is 2.74. The predicted molar refractivity (Wildman–Crippen MR) is 76.6 cm³/mol. The maximum absolute atomic E-state index is 5.66. The first-order chi connectivity index (χ1) is 9.15. The van der Waals surface area contributed by atoms with Crippen molar-refractivity contribution < 1.29 is 9.15 Å². The van der Waals surface area contributed by atoms with Gasteiger partial charge in [-0.2, -0.15) is 0 Å². The summed E-state index contributed by atoms with van der Waals surface area (Å²) in [6.07, 6.45) is 0.267. The summed E-state index contributed by atoms with van der Waals surface area (Å²) in [4.78, 5) is 2.92. The summed E-state index contributed by atoms with van der Waals surface area (Å²) in [6.45, 7) is 6.72. The minimum atomic E-state index is 0.267. The van der Waals surface area contributed by atoms with Crippen molar-refractivity contribution in [3.8, 4) is 0 Å². The van der Waals surface area contributed by atoms with Crippen molar-refractivity contribution in [2.75, 3.05) is 13.2 Å². The number of nitrogens with zero attached hydrogens (tertiary/aromatic N) is 2. The molecule has 0 bridgehead atoms. The summed E-state index contributed by atoms with van der Waals surface area (Å²) in [5.74, 6) is 0. The van der Waals surface area contributed by atoms with Gasteiger partial charge in [0.25, 0.3) is 4.84 Å². The standard InChI is InChI=1S/C14H18N2O2S/c1-10-8-17-11(2)7-15(10)9-16-12-5-3-4-6-13(12)18-14(16)19/h3-6,10-11H,7-9H2,1-2H3. The third-order valence-electron chi connectivity index (χ3n) is 3.63. The number of fused-ring (bicyclic) bond motifs is 1. The van der Waals surface area contributed by atoms with Crippen LogP contribution in [0.2, 0.25) is 0 Å². The SMILES string of the molecule is CC1CN(Cn2c(=S)oc3ccccc32)C(C)CO1. The maximum Gasteiger partial charge on any atom is 0.270 e. The summed E-state index contributed by atoms with van der Waals surface area (Å²) in [5, 5.41) is 0. The average Bonchev–Trinajstić information content (AvgIpc) is 2.71. The van der Waals surface area contributed by atoms with Crippen molar-refractivity contribution in [2.45, 2.75) is 32.7 Å². The topological polar surface area (TPSA) is 30.5 Å². The predicted octanol–water partition coefficient (Wildman–Crippen LogP) is 3.03. The molecular weight excluding hydrogens is 260 g/mol. The summed E-state index contributed by atoms with van der Waals surface area (Å²) < 4.78 is 13.3. The van der Waals surface area contributed by atoms with E-state index in [2.05, 4.69) is 23.3 Å². The van der Waals surface area contributed by atoms with Gasteiger partial charge in [-0.05, 0) is 38.2 Å². The zero-order chi connectivity index (χ0) is 13.4. The van der Waals surface area contributed by atoms with Gasteiger partial charge in [0.05, 0.1) is 24.9 Å². The molecule has 0 N–H and O–H groups in total. The molecule has 1 fully saturated rings. The molecule has 2 aromatic rings. The maximum atomic E-state index is 5.66. The lowest BCUT2D eigenvalue weighted by molar-refractivity contribution is -0.0608. The minimum absolute atomic E-state index is 0.267. The average molecular weight is 278 g/mol. The molecular formula is C14H18N2O2S. The van der Waals surface area contributed by atoms with E-state index < -0.39 is 0 Å². The lowest BCUT2D eigenvalue weighted by atomic mass is 10.2. The molecule has 0 amide bonds. The van der Waals surface area contributed by atoms with E-state index in [9.17, 15) is 0 Å². The first-order valence-electron chi connectivity index (χ1n) is 6.59. The second-order valence-corrected chi connectivity index (χ2v) is 5.52. The van der Waals surface area contributed by atoms with Crippen molar-refractivity contribution in [3.63, 3.8) is 0 Å². The molecule has 1 aromatic heterocycles. The Balaban J connectivity index is 1.92. The van der Waals surface area contributed by atoms with Crippen LogP contribution in [0.1, 0.15) is 13.8 Å². The molecule has 0 radical (unpaired) electrons. The van der Waals surface area contributed by atoms with Gasteiger partial charge in [-0.15, -0.1) is 0 Å². The van der Waals surface area contributed by atoms with Crippen LogP contribution in [0, 0.1) is 4.84 Å². The van der Waals surface area contributed by atoms with Crippen LogP contribution in [0.15, 0.2) is 28.7 Å². The summed E-state index contributed by atoms with van der Waals surface area (Å²) in [5.41, 5.74) is 1.90. The third-order valence-corrected chi connectivity index (χ3v) is 3.94. The smallest absolute Gasteiger partial charge is 0.270 e. The number of para-hydroxylation sites is 2. The van der Waals surface area contributed by atoms with Crippen molar-refractivity contribution in [1.29, 1.82) is 0 Å². The minimum Gasteiger partial charge on any atom is -0.429 e. The zero-order valence-corrected chi connectivity index (χ0v) is 12.0. The number of rotatable bonds is 2. The molecule has 2 atom stereocenters. The highest BCUT2D eigenvalue weighted by Gasteiger charge is 2.24. The number of ether oxygens (including phenoxy) is 1. The van der Waals surface area contributed by atoms with Crippen LogP contribution in [0.5, 0.6) is 0 Å². The largest absolute Gasteiger partial charge is 0.429 e. The van der Waals surface area contributed by atoms with Crippen molar-refractivity contribution in [2.24, 2.45) is 0 Å². The van der Waals surface area contributed by atoms with Gasteiger partial charge in [-0.1, -0.05) is 12.1 Å². The Bertz CT molecular complexity index is 634. The van der Waals surface area contributed by atoms with E-state index in [-0.39, 0.29) is 6.10 Å². The number of hydrogen-bond acceptors (Lipinski definition) is 4. The monoisotopic (exact) mass is 278 g/mol. The number of aromatic nitrogens is 1. The van der Waals surface area contributed by atoms with Crippen LogP contribution in [-0.4, -0.2) is 34.8 Å². The number of hydrogen-bond donors (Lipinski definition) is 0. The van der Waals surface area contributed by atoms with Crippen molar-refractivity contribution in [3.05, 3.63) is 29.1 Å². The van der Waals surface area contributed by atoms with Gasteiger partial charge >= 0.3 is 0 Å². The van der Waals surface area contributed by atoms with Crippen LogP contribution in [-0.2, 0) is 11.4 Å². The zero-order valence-electron chi connectivity index (χ0n) is 11.2. The Hall–Kier alpha value is -1.17. The molecule has 0 aliphatic carbocycles. The highest BCUT2D eigenvalue weighted by Crippen LogP contribution is 2.19. The van der Waals surface area contributed by atoms with Crippen molar-refractivity contribution in [1.82, 2.24) is 9.47 Å². The van der Waals surface area contributed by atoms with E-state index >= 15 is 0 Å². The lowest BCUT2D eigenvalue weighted by Gasteiger charge is -2.36. The highest BCUT2D eigenvalue weighted by atomic mass is 32.1. The third kappa shape index (κ3) is 2.45. The van der Waals surface area contributed by atoms with E-state index in [0.717, 1.165) is 30.9 Å². The second-order valence-electron chi connectivity index (χ2n) is 5.17. The first-order valence-corrected chi connectivity index (χ1v) is 7.00. The van der Waals surface area contributed by atoms with E-state index in [0.29, 0.717) is 10.9 Å². The van der Waals surface area contributed by atoms with Crippen LogP contribution in [0.4, 0.5) is 0 Å². The van der Waals surface area contributed by atoms with E-state index in [1.807, 2.05) is 24.3 Å². The molecule has 1 aliphatic rings. The van der Waals surface area contributed by atoms with Crippen LogP contribution in [0.25, 0.3) is 11.1 Å². The van der Waals surface area contributed by atoms with Gasteiger partial charge < -0.3 is 9.15 Å². The van der Waals surface area contributed by atoms with Gasteiger partial charge in [0, 0.05) is 12.6 Å². The molecule has 0 saturated carbocycles.